The Hall–Kier alpha value is -2.23. The van der Waals surface area contributed by atoms with Crippen LogP contribution < -0.4 is 10.4 Å². The van der Waals surface area contributed by atoms with Crippen LogP contribution in [0.2, 0.25) is 0 Å². The van der Waals surface area contributed by atoms with Crippen LogP contribution in [0.15, 0.2) is 40.6 Å². The van der Waals surface area contributed by atoms with Crippen LogP contribution >= 0.6 is 11.3 Å². The summed E-state index contributed by atoms with van der Waals surface area (Å²) in [6.07, 6.45) is 0. The van der Waals surface area contributed by atoms with Crippen LogP contribution in [0.4, 0.5) is 5.69 Å². The number of amides is 1. The van der Waals surface area contributed by atoms with Crippen LogP contribution in [-0.2, 0) is 10.0 Å². The molecule has 0 aliphatic carbocycles. The van der Waals surface area contributed by atoms with E-state index in [0.717, 1.165) is 11.3 Å². The molecule has 2 rings (SSSR count). The lowest BCUT2D eigenvalue weighted by atomic mass is 10.2. The third-order valence-electron chi connectivity index (χ3n) is 3.50. The van der Waals surface area contributed by atoms with Gasteiger partial charge in [0.05, 0.1) is 15.7 Å². The molecule has 0 spiro atoms. The predicted molar refractivity (Wildman–Crippen MR) is 93.2 cm³/mol. The van der Waals surface area contributed by atoms with E-state index in [4.69, 9.17) is 0 Å². The van der Waals surface area contributed by atoms with Crippen molar-refractivity contribution < 1.29 is 23.1 Å². The molecule has 0 fully saturated rings. The summed E-state index contributed by atoms with van der Waals surface area (Å²) in [4.78, 5) is 23.4. The molecule has 25 heavy (non-hydrogen) atoms. The van der Waals surface area contributed by atoms with E-state index in [0.29, 0.717) is 13.1 Å². The van der Waals surface area contributed by atoms with Gasteiger partial charge in [0.25, 0.3) is 5.91 Å². The highest BCUT2D eigenvalue weighted by atomic mass is 32.2. The number of anilines is 1. The van der Waals surface area contributed by atoms with Gasteiger partial charge in [-0.25, -0.2) is 8.42 Å². The number of hydrogen-bond acceptors (Lipinski definition) is 6. The molecule has 9 heteroatoms. The lowest BCUT2D eigenvalue weighted by Crippen LogP contribution is -2.30. The van der Waals surface area contributed by atoms with Crippen LogP contribution in [0, 0.1) is 0 Å². The third-order valence-corrected chi connectivity index (χ3v) is 6.60. The highest BCUT2D eigenvalue weighted by Gasteiger charge is 2.24. The minimum absolute atomic E-state index is 0.0613. The van der Waals surface area contributed by atoms with E-state index in [2.05, 4.69) is 5.32 Å². The van der Waals surface area contributed by atoms with Crippen molar-refractivity contribution in [1.82, 2.24) is 4.31 Å². The van der Waals surface area contributed by atoms with Gasteiger partial charge in [-0.2, -0.15) is 4.31 Å². The number of aromatic carboxylic acids is 1. The molecule has 1 aromatic carbocycles. The van der Waals surface area contributed by atoms with Crippen LogP contribution in [-0.4, -0.2) is 37.7 Å². The molecule has 7 nitrogen and oxygen atoms in total. The van der Waals surface area contributed by atoms with Gasteiger partial charge in [-0.05, 0) is 23.8 Å². The number of carboxylic acid groups (broad SMARTS) is 1. The van der Waals surface area contributed by atoms with Crippen LogP contribution in [0.3, 0.4) is 0 Å². The Labute approximate surface area is 150 Å². The zero-order chi connectivity index (χ0) is 18.6. The molecule has 0 aliphatic heterocycles. The summed E-state index contributed by atoms with van der Waals surface area (Å²) in [7, 11) is -3.63. The number of sulfonamides is 1. The maximum Gasteiger partial charge on any atom is 0.265 e. The highest BCUT2D eigenvalue weighted by Crippen LogP contribution is 2.23. The van der Waals surface area contributed by atoms with Crippen molar-refractivity contribution in [3.05, 3.63) is 46.2 Å². The molecular weight excluding hydrogens is 364 g/mol. The minimum atomic E-state index is -3.63. The first-order chi connectivity index (χ1) is 11.8. The molecule has 0 saturated carbocycles. The summed E-state index contributed by atoms with van der Waals surface area (Å²) in [6.45, 7) is 4.16. The first kappa shape index (κ1) is 19.1. The van der Waals surface area contributed by atoms with E-state index >= 15 is 0 Å². The van der Waals surface area contributed by atoms with Crippen molar-refractivity contribution in [2.24, 2.45) is 0 Å². The second-order valence-electron chi connectivity index (χ2n) is 5.06. The summed E-state index contributed by atoms with van der Waals surface area (Å²) >= 11 is 1.01. The fourth-order valence-corrected chi connectivity index (χ4v) is 4.82. The van der Waals surface area contributed by atoms with Crippen molar-refractivity contribution in [3.63, 3.8) is 0 Å². The highest BCUT2D eigenvalue weighted by molar-refractivity contribution is 7.89. The van der Waals surface area contributed by atoms with Crippen molar-refractivity contribution >= 4 is 38.9 Å². The Balaban J connectivity index is 2.21. The van der Waals surface area contributed by atoms with Crippen molar-refractivity contribution in [3.8, 4) is 0 Å². The number of carboxylic acids is 1. The number of nitrogens with zero attached hydrogens (tertiary/aromatic N) is 1. The molecule has 0 radical (unpaired) electrons. The molecule has 0 aliphatic rings. The van der Waals surface area contributed by atoms with E-state index in [9.17, 15) is 23.1 Å². The van der Waals surface area contributed by atoms with Gasteiger partial charge in [0.2, 0.25) is 10.0 Å². The van der Waals surface area contributed by atoms with Gasteiger partial charge in [0.15, 0.2) is 0 Å². The summed E-state index contributed by atoms with van der Waals surface area (Å²) in [5.41, 5.74) is 0.224. The molecule has 1 heterocycles. The average Bonchev–Trinajstić information content (AvgIpc) is 3.07. The van der Waals surface area contributed by atoms with E-state index in [1.165, 1.54) is 40.0 Å². The number of hydrogen-bond donors (Lipinski definition) is 1. The number of thiophene rings is 1. The predicted octanol–water partition coefficient (Wildman–Crippen LogP) is 1.39. The Morgan fingerprint density at radius 3 is 2.48 bits per heavy atom. The minimum Gasteiger partial charge on any atom is -0.545 e. The van der Waals surface area contributed by atoms with E-state index in [1.807, 2.05) is 0 Å². The zero-order valence-corrected chi connectivity index (χ0v) is 15.3. The summed E-state index contributed by atoms with van der Waals surface area (Å²) in [5, 5.41) is 14.8. The van der Waals surface area contributed by atoms with Gasteiger partial charge in [-0.3, -0.25) is 4.79 Å². The van der Waals surface area contributed by atoms with Gasteiger partial charge < -0.3 is 15.2 Å². The first-order valence-corrected chi connectivity index (χ1v) is 9.83. The lowest BCUT2D eigenvalue weighted by Gasteiger charge is -2.17. The van der Waals surface area contributed by atoms with Crippen molar-refractivity contribution in [2.45, 2.75) is 18.7 Å². The third kappa shape index (κ3) is 4.25. The van der Waals surface area contributed by atoms with Gasteiger partial charge in [-0.15, -0.1) is 11.3 Å². The van der Waals surface area contributed by atoms with E-state index < -0.39 is 21.9 Å². The molecule has 1 amide bonds. The quantitative estimate of drug-likeness (QED) is 0.780. The van der Waals surface area contributed by atoms with Crippen LogP contribution in [0.5, 0.6) is 0 Å². The van der Waals surface area contributed by atoms with E-state index in [1.54, 1.807) is 13.8 Å². The number of rotatable bonds is 7. The molecule has 2 aromatic rings. The Morgan fingerprint density at radius 2 is 1.88 bits per heavy atom. The molecule has 1 aromatic heterocycles. The molecule has 1 N–H and O–H groups in total. The molecule has 0 unspecified atom stereocenters. The van der Waals surface area contributed by atoms with Crippen molar-refractivity contribution in [1.29, 1.82) is 0 Å². The summed E-state index contributed by atoms with van der Waals surface area (Å²) < 4.78 is 26.2. The van der Waals surface area contributed by atoms with Gasteiger partial charge >= 0.3 is 0 Å². The number of carbonyl (C=O) groups excluding carboxylic acids is 2. The molecular formula is C16H17N2O5S2-. The van der Waals surface area contributed by atoms with E-state index in [-0.39, 0.29) is 21.0 Å². The standard InChI is InChI=1S/C16H18N2O5S2/c1-3-18(4-2)25(22,23)13-9-14(24-10-13)15(19)17-12-7-5-6-11(8-12)16(20)21/h5-10H,3-4H2,1-2H3,(H,17,19)(H,20,21)/p-1. The normalized spacial score (nSPS) is 11.5. The zero-order valence-electron chi connectivity index (χ0n) is 13.7. The fourth-order valence-electron chi connectivity index (χ4n) is 2.20. The van der Waals surface area contributed by atoms with Gasteiger partial charge in [-0.1, -0.05) is 26.0 Å². The largest absolute Gasteiger partial charge is 0.545 e. The maximum absolute atomic E-state index is 12.4. The first-order valence-electron chi connectivity index (χ1n) is 7.51. The van der Waals surface area contributed by atoms with Gasteiger partial charge in [0, 0.05) is 24.2 Å². The topological polar surface area (TPSA) is 107 Å². The Morgan fingerprint density at radius 1 is 1.20 bits per heavy atom. The second kappa shape index (κ2) is 7.77. The monoisotopic (exact) mass is 381 g/mol. The summed E-state index contributed by atoms with van der Waals surface area (Å²) in [5.74, 6) is -1.86. The number of nitrogens with one attached hydrogen (secondary N) is 1. The molecule has 134 valence electrons. The molecule has 0 bridgehead atoms. The number of carbonyl (C=O) groups is 2. The number of benzene rings is 1. The lowest BCUT2D eigenvalue weighted by molar-refractivity contribution is -0.255. The maximum atomic E-state index is 12.4. The van der Waals surface area contributed by atoms with Crippen molar-refractivity contribution in [2.75, 3.05) is 18.4 Å². The van der Waals surface area contributed by atoms with Crippen LogP contribution in [0.25, 0.3) is 0 Å². The smallest absolute Gasteiger partial charge is 0.265 e. The SMILES string of the molecule is CCN(CC)S(=O)(=O)c1csc(C(=O)Nc2cccc(C(=O)[O-])c2)c1. The van der Waals surface area contributed by atoms with Crippen LogP contribution in [0.1, 0.15) is 33.9 Å². The second-order valence-corrected chi connectivity index (χ2v) is 7.91. The Kier molecular flexibility index (Phi) is 5.93. The Bertz CT molecular complexity index is 885. The molecule has 0 saturated heterocycles. The fraction of sp³-hybridized carbons (Fsp3) is 0.250. The molecule has 0 atom stereocenters. The average molecular weight is 381 g/mol. The van der Waals surface area contributed by atoms with Gasteiger partial charge in [0.1, 0.15) is 0 Å². The summed E-state index contributed by atoms with van der Waals surface area (Å²) in [6, 6.07) is 6.95.